The summed E-state index contributed by atoms with van der Waals surface area (Å²) in [7, 11) is 0. The molecule has 1 aromatic carbocycles. The van der Waals surface area contributed by atoms with E-state index in [1.807, 2.05) is 0 Å². The molecule has 1 atom stereocenters. The maximum Gasteiger partial charge on any atom is 0.345 e. The Bertz CT molecular complexity index is 397. The van der Waals surface area contributed by atoms with Gasteiger partial charge in [-0.1, -0.05) is 12.1 Å². The molecular weight excluding hydrogens is 184 g/mol. The number of carboxylic acids is 1. The number of hydrogen-bond acceptors (Lipinski definition) is 3. The third-order valence-electron chi connectivity index (χ3n) is 2.10. The van der Waals surface area contributed by atoms with Crippen LogP contribution in [0, 0.1) is 0 Å². The lowest BCUT2D eigenvalue weighted by Crippen LogP contribution is -2.33. The normalized spacial score (nSPS) is 19.7. The summed E-state index contributed by atoms with van der Waals surface area (Å²) in [5.41, 5.74) is 0.463. The second-order valence-corrected chi connectivity index (χ2v) is 3.07. The first-order valence-electron chi connectivity index (χ1n) is 4.20. The standard InChI is InChI=1S/C10H8O4/c11-7-5-9(10(12)13)14-8-4-2-1-3-6(7)8/h1-4,9H,5H2,(H,12,13). The van der Waals surface area contributed by atoms with E-state index in [4.69, 9.17) is 9.84 Å². The number of carboxylic acid groups (broad SMARTS) is 1. The second-order valence-electron chi connectivity index (χ2n) is 3.07. The molecule has 4 heteroatoms. The Kier molecular flexibility index (Phi) is 1.96. The van der Waals surface area contributed by atoms with Crippen molar-refractivity contribution in [1.29, 1.82) is 0 Å². The molecular formula is C10H8O4. The van der Waals surface area contributed by atoms with Crippen LogP contribution in [-0.2, 0) is 4.79 Å². The van der Waals surface area contributed by atoms with Crippen molar-refractivity contribution in [1.82, 2.24) is 0 Å². The summed E-state index contributed by atoms with van der Waals surface area (Å²) < 4.78 is 5.14. The van der Waals surface area contributed by atoms with Crippen molar-refractivity contribution >= 4 is 11.8 Å². The van der Waals surface area contributed by atoms with Crippen LogP contribution < -0.4 is 4.74 Å². The molecule has 0 spiro atoms. The van der Waals surface area contributed by atoms with Crippen molar-refractivity contribution in [3.05, 3.63) is 29.8 Å². The fourth-order valence-electron chi connectivity index (χ4n) is 1.41. The number of rotatable bonds is 1. The highest BCUT2D eigenvalue weighted by molar-refractivity contribution is 6.02. The van der Waals surface area contributed by atoms with Crippen molar-refractivity contribution in [2.75, 3.05) is 0 Å². The van der Waals surface area contributed by atoms with Gasteiger partial charge in [-0.3, -0.25) is 4.79 Å². The van der Waals surface area contributed by atoms with E-state index in [0.29, 0.717) is 11.3 Å². The summed E-state index contributed by atoms with van der Waals surface area (Å²) in [6.07, 6.45) is -1.14. The molecule has 1 heterocycles. The minimum Gasteiger partial charge on any atom is -0.478 e. The van der Waals surface area contributed by atoms with Crippen LogP contribution in [0.3, 0.4) is 0 Å². The molecule has 1 unspecified atom stereocenters. The smallest absolute Gasteiger partial charge is 0.345 e. The van der Waals surface area contributed by atoms with Gasteiger partial charge in [0.15, 0.2) is 5.78 Å². The molecule has 72 valence electrons. The lowest BCUT2D eigenvalue weighted by molar-refractivity contribution is -0.145. The van der Waals surface area contributed by atoms with E-state index in [1.165, 1.54) is 0 Å². The van der Waals surface area contributed by atoms with Crippen molar-refractivity contribution in [2.45, 2.75) is 12.5 Å². The molecule has 1 aliphatic rings. The zero-order chi connectivity index (χ0) is 10.1. The summed E-state index contributed by atoms with van der Waals surface area (Å²) in [6.45, 7) is 0. The molecule has 0 saturated heterocycles. The van der Waals surface area contributed by atoms with Crippen LogP contribution in [0.15, 0.2) is 24.3 Å². The van der Waals surface area contributed by atoms with Gasteiger partial charge in [-0.05, 0) is 12.1 Å². The SMILES string of the molecule is O=C1CC(C(=O)O)Oc2ccccc21. The number of aliphatic carboxylic acids is 1. The molecule has 0 aliphatic carbocycles. The summed E-state index contributed by atoms with van der Waals surface area (Å²) in [5, 5.41) is 8.70. The Labute approximate surface area is 80.1 Å². The number of fused-ring (bicyclic) bond motifs is 1. The zero-order valence-electron chi connectivity index (χ0n) is 7.27. The Morgan fingerprint density at radius 2 is 2.14 bits per heavy atom. The van der Waals surface area contributed by atoms with E-state index >= 15 is 0 Å². The third-order valence-corrected chi connectivity index (χ3v) is 2.10. The van der Waals surface area contributed by atoms with Crippen molar-refractivity contribution in [2.24, 2.45) is 0 Å². The number of para-hydroxylation sites is 1. The summed E-state index contributed by atoms with van der Waals surface area (Å²) >= 11 is 0. The van der Waals surface area contributed by atoms with Gasteiger partial charge in [0, 0.05) is 0 Å². The minimum absolute atomic E-state index is 0.0909. The van der Waals surface area contributed by atoms with Crippen LogP contribution in [0.1, 0.15) is 16.8 Å². The number of Topliss-reactive ketones (excluding diaryl/α,β-unsaturated/α-hetero) is 1. The Hall–Kier alpha value is -1.84. The van der Waals surface area contributed by atoms with E-state index < -0.39 is 12.1 Å². The Balaban J connectivity index is 2.38. The van der Waals surface area contributed by atoms with Crippen LogP contribution in [0.5, 0.6) is 5.75 Å². The monoisotopic (exact) mass is 192 g/mol. The first-order valence-corrected chi connectivity index (χ1v) is 4.20. The highest BCUT2D eigenvalue weighted by Crippen LogP contribution is 2.26. The fourth-order valence-corrected chi connectivity index (χ4v) is 1.41. The predicted molar refractivity (Wildman–Crippen MR) is 47.4 cm³/mol. The maximum absolute atomic E-state index is 11.5. The topological polar surface area (TPSA) is 63.6 Å². The number of benzene rings is 1. The van der Waals surface area contributed by atoms with Crippen molar-refractivity contribution in [3.63, 3.8) is 0 Å². The molecule has 0 radical (unpaired) electrons. The number of hydrogen-bond donors (Lipinski definition) is 1. The molecule has 0 bridgehead atoms. The van der Waals surface area contributed by atoms with Gasteiger partial charge in [-0.2, -0.15) is 0 Å². The summed E-state index contributed by atoms with van der Waals surface area (Å²) in [4.78, 5) is 22.1. The van der Waals surface area contributed by atoms with Gasteiger partial charge in [-0.15, -0.1) is 0 Å². The van der Waals surface area contributed by atoms with E-state index in [0.717, 1.165) is 0 Å². The molecule has 0 amide bonds. The molecule has 1 N–H and O–H groups in total. The van der Waals surface area contributed by atoms with E-state index in [1.54, 1.807) is 24.3 Å². The third kappa shape index (κ3) is 1.35. The van der Waals surface area contributed by atoms with Gasteiger partial charge in [0.1, 0.15) is 5.75 Å². The van der Waals surface area contributed by atoms with Crippen LogP contribution in [0.25, 0.3) is 0 Å². The van der Waals surface area contributed by atoms with Crippen molar-refractivity contribution < 1.29 is 19.4 Å². The first-order chi connectivity index (χ1) is 6.68. The van der Waals surface area contributed by atoms with Gasteiger partial charge in [0.25, 0.3) is 0 Å². The highest BCUT2D eigenvalue weighted by atomic mass is 16.5. The summed E-state index contributed by atoms with van der Waals surface area (Å²) in [5.74, 6) is -0.928. The average Bonchev–Trinajstić information content (AvgIpc) is 2.17. The fraction of sp³-hybridized carbons (Fsp3) is 0.200. The molecule has 1 aromatic rings. The lowest BCUT2D eigenvalue weighted by atomic mass is 10.0. The maximum atomic E-state index is 11.5. The van der Waals surface area contributed by atoms with Crippen LogP contribution in [-0.4, -0.2) is 23.0 Å². The summed E-state index contributed by atoms with van der Waals surface area (Å²) in [6, 6.07) is 6.66. The van der Waals surface area contributed by atoms with Crippen LogP contribution in [0.4, 0.5) is 0 Å². The number of carbonyl (C=O) groups is 2. The second kappa shape index (κ2) is 3.14. The van der Waals surface area contributed by atoms with Gasteiger partial charge >= 0.3 is 5.97 Å². The average molecular weight is 192 g/mol. The Morgan fingerprint density at radius 1 is 1.43 bits per heavy atom. The van der Waals surface area contributed by atoms with Crippen LogP contribution in [0.2, 0.25) is 0 Å². The van der Waals surface area contributed by atoms with Gasteiger partial charge in [0.05, 0.1) is 12.0 Å². The van der Waals surface area contributed by atoms with E-state index in [2.05, 4.69) is 0 Å². The van der Waals surface area contributed by atoms with Gasteiger partial charge < -0.3 is 9.84 Å². The molecule has 0 saturated carbocycles. The molecule has 4 nitrogen and oxygen atoms in total. The minimum atomic E-state index is -1.10. The molecule has 0 fully saturated rings. The first kappa shape index (κ1) is 8.74. The lowest BCUT2D eigenvalue weighted by Gasteiger charge is -2.21. The highest BCUT2D eigenvalue weighted by Gasteiger charge is 2.30. The predicted octanol–water partition coefficient (Wildman–Crippen LogP) is 1.11. The zero-order valence-corrected chi connectivity index (χ0v) is 7.27. The van der Waals surface area contributed by atoms with E-state index in [-0.39, 0.29) is 12.2 Å². The largest absolute Gasteiger partial charge is 0.478 e. The molecule has 1 aliphatic heterocycles. The van der Waals surface area contributed by atoms with Gasteiger partial charge in [0.2, 0.25) is 6.10 Å². The van der Waals surface area contributed by atoms with Crippen molar-refractivity contribution in [3.8, 4) is 5.75 Å². The van der Waals surface area contributed by atoms with Gasteiger partial charge in [-0.25, -0.2) is 4.79 Å². The molecule has 14 heavy (non-hydrogen) atoms. The number of ether oxygens (including phenoxy) is 1. The Morgan fingerprint density at radius 3 is 2.86 bits per heavy atom. The number of ketones is 1. The quantitative estimate of drug-likeness (QED) is 0.723. The number of carbonyl (C=O) groups excluding carboxylic acids is 1. The van der Waals surface area contributed by atoms with E-state index in [9.17, 15) is 9.59 Å². The van der Waals surface area contributed by atoms with Crippen LogP contribution >= 0.6 is 0 Å². The molecule has 2 rings (SSSR count). The molecule has 0 aromatic heterocycles.